The van der Waals surface area contributed by atoms with Crippen LogP contribution in [0, 0.1) is 12.8 Å². The van der Waals surface area contributed by atoms with E-state index in [0.29, 0.717) is 5.92 Å². The highest BCUT2D eigenvalue weighted by molar-refractivity contribution is 7.80. The second kappa shape index (κ2) is 6.34. The van der Waals surface area contributed by atoms with Gasteiger partial charge in [-0.3, -0.25) is 4.98 Å². The molecule has 22 heavy (non-hydrogen) atoms. The van der Waals surface area contributed by atoms with Crippen molar-refractivity contribution in [3.63, 3.8) is 0 Å². The van der Waals surface area contributed by atoms with Gasteiger partial charge in [-0.2, -0.15) is 0 Å². The summed E-state index contributed by atoms with van der Waals surface area (Å²) in [4.78, 5) is 9.55. The van der Waals surface area contributed by atoms with E-state index in [1.165, 1.54) is 9.75 Å². The molecule has 0 spiro atoms. The molecule has 2 aromatic heterocycles. The monoisotopic (exact) mass is 331 g/mol. The molecule has 3 rings (SSSR count). The summed E-state index contributed by atoms with van der Waals surface area (Å²) in [5.74, 6) is 0.561. The van der Waals surface area contributed by atoms with E-state index in [2.05, 4.69) is 54.2 Å². The zero-order valence-corrected chi connectivity index (χ0v) is 14.7. The molecule has 1 aliphatic heterocycles. The second-order valence-corrected chi connectivity index (χ2v) is 7.83. The summed E-state index contributed by atoms with van der Waals surface area (Å²) in [6, 6.07) is 10.8. The topological polar surface area (TPSA) is 28.2 Å². The molecule has 0 amide bonds. The Labute approximate surface area is 141 Å². The van der Waals surface area contributed by atoms with Gasteiger partial charge in [-0.25, -0.2) is 0 Å². The lowest BCUT2D eigenvalue weighted by Crippen LogP contribution is -2.32. The lowest BCUT2D eigenvalue weighted by molar-refractivity contribution is 0.291. The van der Waals surface area contributed by atoms with E-state index in [-0.39, 0.29) is 12.1 Å². The Kier molecular flexibility index (Phi) is 4.45. The van der Waals surface area contributed by atoms with Crippen molar-refractivity contribution < 1.29 is 0 Å². The molecule has 0 unspecified atom stereocenters. The highest BCUT2D eigenvalue weighted by Gasteiger charge is 2.40. The molecule has 2 atom stereocenters. The average molecular weight is 332 g/mol. The largest absolute Gasteiger partial charge is 0.352 e. The van der Waals surface area contributed by atoms with Crippen molar-refractivity contribution >= 4 is 28.7 Å². The molecule has 3 nitrogen and oxygen atoms in total. The minimum atomic E-state index is 0.116. The van der Waals surface area contributed by atoms with Gasteiger partial charge in [0.25, 0.3) is 0 Å². The Balaban J connectivity index is 2.00. The number of pyridine rings is 1. The van der Waals surface area contributed by atoms with E-state index >= 15 is 0 Å². The van der Waals surface area contributed by atoms with Crippen molar-refractivity contribution in [2.45, 2.75) is 32.9 Å². The molecule has 1 aliphatic rings. The number of thiophene rings is 1. The van der Waals surface area contributed by atoms with Crippen LogP contribution in [0.3, 0.4) is 0 Å². The molecule has 1 saturated heterocycles. The smallest absolute Gasteiger partial charge is 0.170 e. The Bertz CT molecular complexity index is 651. The van der Waals surface area contributed by atoms with Crippen LogP contribution in [0.25, 0.3) is 0 Å². The molecule has 1 fully saturated rings. The van der Waals surface area contributed by atoms with E-state index in [1.807, 2.05) is 29.7 Å². The number of aromatic nitrogens is 1. The van der Waals surface area contributed by atoms with E-state index in [0.717, 1.165) is 17.4 Å². The van der Waals surface area contributed by atoms with Gasteiger partial charge in [0.2, 0.25) is 0 Å². The molecule has 0 aliphatic carbocycles. The Morgan fingerprint density at radius 3 is 2.73 bits per heavy atom. The van der Waals surface area contributed by atoms with Gasteiger partial charge in [-0.15, -0.1) is 11.3 Å². The van der Waals surface area contributed by atoms with E-state index in [1.54, 1.807) is 0 Å². The van der Waals surface area contributed by atoms with Gasteiger partial charge in [0.05, 0.1) is 17.8 Å². The predicted molar refractivity (Wildman–Crippen MR) is 96.1 cm³/mol. The van der Waals surface area contributed by atoms with Crippen molar-refractivity contribution in [1.29, 1.82) is 0 Å². The number of nitrogens with one attached hydrogen (secondary N) is 1. The SMILES string of the molecule is Cc1ccc([C@H]2[C@H](c3ccccn3)NC(=S)N2CC(C)C)s1. The maximum Gasteiger partial charge on any atom is 0.170 e. The Hall–Kier alpha value is -1.46. The van der Waals surface area contributed by atoms with Crippen LogP contribution in [-0.4, -0.2) is 21.5 Å². The Morgan fingerprint density at radius 2 is 2.14 bits per heavy atom. The minimum Gasteiger partial charge on any atom is -0.352 e. The Morgan fingerprint density at radius 1 is 1.32 bits per heavy atom. The molecular weight excluding hydrogens is 310 g/mol. The van der Waals surface area contributed by atoms with Gasteiger partial charge in [0, 0.05) is 22.5 Å². The quantitative estimate of drug-likeness (QED) is 0.855. The maximum atomic E-state index is 5.61. The third-order valence-corrected chi connectivity index (χ3v) is 5.24. The summed E-state index contributed by atoms with van der Waals surface area (Å²) in [5.41, 5.74) is 1.05. The van der Waals surface area contributed by atoms with Crippen molar-refractivity contribution in [1.82, 2.24) is 15.2 Å². The first kappa shape index (κ1) is 15.4. The van der Waals surface area contributed by atoms with Crippen LogP contribution in [0.4, 0.5) is 0 Å². The number of thiocarbonyl (C=S) groups is 1. The summed E-state index contributed by atoms with van der Waals surface area (Å²) < 4.78 is 0. The van der Waals surface area contributed by atoms with E-state index in [9.17, 15) is 0 Å². The van der Waals surface area contributed by atoms with Crippen molar-refractivity contribution in [3.05, 3.63) is 52.0 Å². The predicted octanol–water partition coefficient (Wildman–Crippen LogP) is 4.08. The normalized spacial score (nSPS) is 21.5. The maximum absolute atomic E-state index is 5.61. The average Bonchev–Trinajstić information content (AvgIpc) is 3.04. The van der Waals surface area contributed by atoms with Gasteiger partial charge in [-0.1, -0.05) is 19.9 Å². The van der Waals surface area contributed by atoms with Crippen LogP contribution in [0.1, 0.15) is 41.4 Å². The third kappa shape index (κ3) is 3.01. The first-order chi connectivity index (χ1) is 10.6. The molecule has 2 aromatic rings. The molecule has 0 saturated carbocycles. The molecule has 0 aromatic carbocycles. The summed E-state index contributed by atoms with van der Waals surface area (Å²) in [6.45, 7) is 7.56. The molecule has 0 radical (unpaired) electrons. The standard InChI is InChI=1S/C17H21N3S2/c1-11(2)10-20-16(14-8-7-12(3)22-14)15(19-17(20)21)13-6-4-5-9-18-13/h4-9,11,15-16H,10H2,1-3H3,(H,19,21)/t15-,16-/m0/s1. The van der Waals surface area contributed by atoms with Gasteiger partial charge in [0.15, 0.2) is 5.11 Å². The molecule has 1 N–H and O–H groups in total. The van der Waals surface area contributed by atoms with Crippen molar-refractivity contribution in [3.8, 4) is 0 Å². The molecular formula is C17H21N3S2. The minimum absolute atomic E-state index is 0.116. The first-order valence-corrected chi connectivity index (χ1v) is 8.83. The van der Waals surface area contributed by atoms with Gasteiger partial charge < -0.3 is 10.2 Å². The van der Waals surface area contributed by atoms with Gasteiger partial charge in [0.1, 0.15) is 0 Å². The van der Waals surface area contributed by atoms with E-state index < -0.39 is 0 Å². The second-order valence-electron chi connectivity index (χ2n) is 6.12. The van der Waals surface area contributed by atoms with E-state index in [4.69, 9.17) is 12.2 Å². The van der Waals surface area contributed by atoms with Crippen LogP contribution >= 0.6 is 23.6 Å². The first-order valence-electron chi connectivity index (χ1n) is 7.60. The highest BCUT2D eigenvalue weighted by atomic mass is 32.1. The fraction of sp³-hybridized carbons (Fsp3) is 0.412. The lowest BCUT2D eigenvalue weighted by atomic mass is 10.0. The van der Waals surface area contributed by atoms with Crippen LogP contribution < -0.4 is 5.32 Å². The zero-order valence-electron chi connectivity index (χ0n) is 13.1. The molecule has 3 heterocycles. The number of hydrogen-bond acceptors (Lipinski definition) is 3. The lowest BCUT2D eigenvalue weighted by Gasteiger charge is -2.28. The number of rotatable bonds is 4. The van der Waals surface area contributed by atoms with Crippen molar-refractivity contribution in [2.75, 3.05) is 6.54 Å². The fourth-order valence-electron chi connectivity index (χ4n) is 2.92. The number of nitrogens with zero attached hydrogens (tertiary/aromatic N) is 2. The third-order valence-electron chi connectivity index (χ3n) is 3.81. The number of aryl methyl sites for hydroxylation is 1. The summed E-state index contributed by atoms with van der Waals surface area (Å²) in [5, 5.41) is 4.32. The summed E-state index contributed by atoms with van der Waals surface area (Å²) in [6.07, 6.45) is 1.85. The van der Waals surface area contributed by atoms with Crippen molar-refractivity contribution in [2.24, 2.45) is 5.92 Å². The molecule has 5 heteroatoms. The van der Waals surface area contributed by atoms with Gasteiger partial charge >= 0.3 is 0 Å². The summed E-state index contributed by atoms with van der Waals surface area (Å²) in [7, 11) is 0. The zero-order chi connectivity index (χ0) is 15.7. The highest BCUT2D eigenvalue weighted by Crippen LogP contribution is 2.41. The van der Waals surface area contributed by atoms with Crippen LogP contribution in [0.5, 0.6) is 0 Å². The fourth-order valence-corrected chi connectivity index (χ4v) is 4.26. The van der Waals surface area contributed by atoms with Crippen LogP contribution in [-0.2, 0) is 0 Å². The number of hydrogen-bond donors (Lipinski definition) is 1. The van der Waals surface area contributed by atoms with Gasteiger partial charge in [-0.05, 0) is 49.3 Å². The summed E-state index contributed by atoms with van der Waals surface area (Å²) >= 11 is 7.46. The molecule has 0 bridgehead atoms. The molecule has 116 valence electrons. The van der Waals surface area contributed by atoms with Crippen LogP contribution in [0.2, 0.25) is 0 Å². The van der Waals surface area contributed by atoms with Crippen LogP contribution in [0.15, 0.2) is 36.5 Å².